The molecule has 2 nitrogen and oxygen atoms in total. The first-order chi connectivity index (χ1) is 7.41. The SMILES string of the molecule is CC(C)C(C)Nc1ccc(N)cc1C(F)F. The minimum Gasteiger partial charge on any atom is -0.399 e. The third-order valence-electron chi connectivity index (χ3n) is 2.69. The molecule has 0 heterocycles. The molecule has 1 rings (SSSR count). The molecule has 0 fully saturated rings. The number of anilines is 2. The predicted molar refractivity (Wildman–Crippen MR) is 63.7 cm³/mol. The second-order valence-corrected chi connectivity index (χ2v) is 4.32. The van der Waals surface area contributed by atoms with E-state index < -0.39 is 6.43 Å². The van der Waals surface area contributed by atoms with E-state index in [1.807, 2.05) is 20.8 Å². The van der Waals surface area contributed by atoms with Gasteiger partial charge in [0, 0.05) is 23.0 Å². The van der Waals surface area contributed by atoms with Crippen molar-refractivity contribution in [1.29, 1.82) is 0 Å². The Morgan fingerprint density at radius 2 is 1.81 bits per heavy atom. The Kier molecular flexibility index (Phi) is 4.10. The summed E-state index contributed by atoms with van der Waals surface area (Å²) in [6.45, 7) is 6.05. The van der Waals surface area contributed by atoms with Crippen LogP contribution in [0.2, 0.25) is 0 Å². The number of benzene rings is 1. The molecule has 0 aliphatic carbocycles. The number of hydrogen-bond donors (Lipinski definition) is 2. The van der Waals surface area contributed by atoms with Crippen molar-refractivity contribution in [1.82, 2.24) is 0 Å². The van der Waals surface area contributed by atoms with Crippen LogP contribution in [0.5, 0.6) is 0 Å². The van der Waals surface area contributed by atoms with E-state index >= 15 is 0 Å². The van der Waals surface area contributed by atoms with Crippen molar-refractivity contribution < 1.29 is 8.78 Å². The van der Waals surface area contributed by atoms with Crippen LogP contribution in [0.3, 0.4) is 0 Å². The maximum Gasteiger partial charge on any atom is 0.265 e. The maximum atomic E-state index is 12.8. The van der Waals surface area contributed by atoms with Gasteiger partial charge in [-0.25, -0.2) is 8.78 Å². The summed E-state index contributed by atoms with van der Waals surface area (Å²) in [7, 11) is 0. The minimum atomic E-state index is -2.51. The van der Waals surface area contributed by atoms with Crippen LogP contribution in [-0.2, 0) is 0 Å². The molecule has 0 aliphatic heterocycles. The van der Waals surface area contributed by atoms with Crippen LogP contribution in [0.1, 0.15) is 32.8 Å². The molecule has 1 aromatic rings. The number of rotatable bonds is 4. The lowest BCUT2D eigenvalue weighted by molar-refractivity contribution is 0.152. The van der Waals surface area contributed by atoms with Gasteiger partial charge in [0.25, 0.3) is 6.43 Å². The standard InChI is InChI=1S/C12H18F2N2/c1-7(2)8(3)16-11-5-4-9(15)6-10(11)12(13)14/h4-8,12,16H,15H2,1-3H3. The van der Waals surface area contributed by atoms with Crippen LogP contribution in [-0.4, -0.2) is 6.04 Å². The summed E-state index contributed by atoms with van der Waals surface area (Å²) in [4.78, 5) is 0. The molecule has 1 atom stereocenters. The zero-order chi connectivity index (χ0) is 12.3. The largest absolute Gasteiger partial charge is 0.399 e. The number of nitrogens with two attached hydrogens (primary N) is 1. The summed E-state index contributed by atoms with van der Waals surface area (Å²) >= 11 is 0. The molecule has 0 saturated carbocycles. The quantitative estimate of drug-likeness (QED) is 0.772. The summed E-state index contributed by atoms with van der Waals surface area (Å²) in [6, 6.07) is 4.69. The number of hydrogen-bond acceptors (Lipinski definition) is 2. The molecule has 3 N–H and O–H groups in total. The number of alkyl halides is 2. The monoisotopic (exact) mass is 228 g/mol. The van der Waals surface area contributed by atoms with E-state index in [4.69, 9.17) is 5.73 Å². The molecule has 90 valence electrons. The highest BCUT2D eigenvalue weighted by atomic mass is 19.3. The van der Waals surface area contributed by atoms with Crippen LogP contribution in [0.15, 0.2) is 18.2 Å². The molecule has 0 saturated heterocycles. The van der Waals surface area contributed by atoms with Gasteiger partial charge in [-0.1, -0.05) is 13.8 Å². The van der Waals surface area contributed by atoms with Gasteiger partial charge in [0.2, 0.25) is 0 Å². The third-order valence-corrected chi connectivity index (χ3v) is 2.69. The normalized spacial score (nSPS) is 13.2. The molecule has 4 heteroatoms. The van der Waals surface area contributed by atoms with Crippen molar-refractivity contribution in [2.45, 2.75) is 33.2 Å². The molecule has 1 aromatic carbocycles. The number of nitrogen functional groups attached to an aromatic ring is 1. The topological polar surface area (TPSA) is 38.0 Å². The molecule has 0 spiro atoms. The van der Waals surface area contributed by atoms with E-state index in [-0.39, 0.29) is 11.6 Å². The second-order valence-electron chi connectivity index (χ2n) is 4.32. The van der Waals surface area contributed by atoms with Gasteiger partial charge in [-0.05, 0) is 31.0 Å². The van der Waals surface area contributed by atoms with Crippen LogP contribution in [0, 0.1) is 5.92 Å². The highest BCUT2D eigenvalue weighted by Gasteiger charge is 2.15. The zero-order valence-corrected chi connectivity index (χ0v) is 9.80. The summed E-state index contributed by atoms with van der Waals surface area (Å²) in [5.74, 6) is 0.378. The third kappa shape index (κ3) is 3.08. The number of halogens is 2. The van der Waals surface area contributed by atoms with Crippen molar-refractivity contribution in [2.24, 2.45) is 5.92 Å². The van der Waals surface area contributed by atoms with Crippen LogP contribution in [0.25, 0.3) is 0 Å². The highest BCUT2D eigenvalue weighted by molar-refractivity contribution is 5.59. The van der Waals surface area contributed by atoms with Crippen LogP contribution < -0.4 is 11.1 Å². The summed E-state index contributed by atoms with van der Waals surface area (Å²) in [5, 5.41) is 3.08. The Hall–Kier alpha value is -1.32. The average Bonchev–Trinajstić information content (AvgIpc) is 2.20. The van der Waals surface area contributed by atoms with Crippen LogP contribution >= 0.6 is 0 Å². The van der Waals surface area contributed by atoms with Crippen molar-refractivity contribution >= 4 is 11.4 Å². The van der Waals surface area contributed by atoms with Gasteiger partial charge >= 0.3 is 0 Å². The zero-order valence-electron chi connectivity index (χ0n) is 9.80. The molecule has 0 aliphatic rings. The van der Waals surface area contributed by atoms with E-state index in [9.17, 15) is 8.78 Å². The highest BCUT2D eigenvalue weighted by Crippen LogP contribution is 2.29. The molecule has 16 heavy (non-hydrogen) atoms. The fraction of sp³-hybridized carbons (Fsp3) is 0.500. The van der Waals surface area contributed by atoms with Crippen LogP contribution in [0.4, 0.5) is 20.2 Å². The van der Waals surface area contributed by atoms with Gasteiger partial charge in [-0.15, -0.1) is 0 Å². The van der Waals surface area contributed by atoms with Crippen molar-refractivity contribution in [3.8, 4) is 0 Å². The first-order valence-corrected chi connectivity index (χ1v) is 5.36. The smallest absolute Gasteiger partial charge is 0.265 e. The fourth-order valence-electron chi connectivity index (χ4n) is 1.31. The van der Waals surface area contributed by atoms with Gasteiger partial charge in [-0.3, -0.25) is 0 Å². The van der Waals surface area contributed by atoms with E-state index in [1.54, 1.807) is 12.1 Å². The Labute approximate surface area is 94.8 Å². The van der Waals surface area contributed by atoms with Gasteiger partial charge in [0.1, 0.15) is 0 Å². The Bertz CT molecular complexity index is 351. The second kappa shape index (κ2) is 5.14. The van der Waals surface area contributed by atoms with E-state index in [0.29, 0.717) is 17.3 Å². The molecular formula is C12H18F2N2. The van der Waals surface area contributed by atoms with Gasteiger partial charge in [0.15, 0.2) is 0 Å². The lowest BCUT2D eigenvalue weighted by atomic mass is 10.0. The summed E-state index contributed by atoms with van der Waals surface area (Å²) in [5.41, 5.74) is 6.28. The summed E-state index contributed by atoms with van der Waals surface area (Å²) in [6.07, 6.45) is -2.51. The Morgan fingerprint density at radius 1 is 1.19 bits per heavy atom. The Morgan fingerprint density at radius 3 is 2.31 bits per heavy atom. The van der Waals surface area contributed by atoms with Crippen molar-refractivity contribution in [3.05, 3.63) is 23.8 Å². The number of nitrogens with one attached hydrogen (secondary N) is 1. The average molecular weight is 228 g/mol. The molecule has 0 aromatic heterocycles. The molecule has 0 radical (unpaired) electrons. The molecule has 0 amide bonds. The van der Waals surface area contributed by atoms with Gasteiger partial charge in [-0.2, -0.15) is 0 Å². The lowest BCUT2D eigenvalue weighted by Gasteiger charge is -2.21. The molecular weight excluding hydrogens is 210 g/mol. The lowest BCUT2D eigenvalue weighted by Crippen LogP contribution is -2.22. The molecule has 0 bridgehead atoms. The van der Waals surface area contributed by atoms with Gasteiger partial charge in [0.05, 0.1) is 0 Å². The fourth-order valence-corrected chi connectivity index (χ4v) is 1.31. The van der Waals surface area contributed by atoms with Gasteiger partial charge < -0.3 is 11.1 Å². The van der Waals surface area contributed by atoms with E-state index in [0.717, 1.165) is 0 Å². The van der Waals surface area contributed by atoms with E-state index in [2.05, 4.69) is 5.32 Å². The first-order valence-electron chi connectivity index (χ1n) is 5.36. The van der Waals surface area contributed by atoms with E-state index in [1.165, 1.54) is 6.07 Å². The minimum absolute atomic E-state index is 0.0347. The summed E-state index contributed by atoms with van der Waals surface area (Å²) < 4.78 is 25.5. The molecule has 1 unspecified atom stereocenters. The predicted octanol–water partition coefficient (Wildman–Crippen LogP) is 3.66. The van der Waals surface area contributed by atoms with Crippen molar-refractivity contribution in [2.75, 3.05) is 11.1 Å². The van der Waals surface area contributed by atoms with Crippen molar-refractivity contribution in [3.63, 3.8) is 0 Å². The Balaban J connectivity index is 2.95. The maximum absolute atomic E-state index is 12.8. The first kappa shape index (κ1) is 12.7.